The molecule has 0 unspecified atom stereocenters. The molecule has 4 N–H and O–H groups in total. The van der Waals surface area contributed by atoms with Gasteiger partial charge in [-0.05, 0) is 12.8 Å². The molecule has 5 nitrogen and oxygen atoms in total. The zero-order chi connectivity index (χ0) is 10.3. The molecule has 0 radical (unpaired) electrons. The van der Waals surface area contributed by atoms with Crippen LogP contribution in [0.5, 0.6) is 0 Å². The molecule has 2 saturated heterocycles. The molecule has 0 aromatic heterocycles. The lowest BCUT2D eigenvalue weighted by atomic mass is 9.86. The first-order valence-corrected chi connectivity index (χ1v) is 5.30. The van der Waals surface area contributed by atoms with E-state index in [2.05, 4.69) is 0 Å². The fraction of sp³-hybridized carbons (Fsp3) is 0.900. The standard InChI is InChI=1S/C10H17NO3.H2O/c1-2-6-5-11-7(3-4-8(11)12)10(14)9(6)13;/h6-7,9-10,13-14H,2-5H2,1H3;1H2/t6-,7-,9-,10-;/m0./s1. The van der Waals surface area contributed by atoms with Crippen LogP contribution < -0.4 is 0 Å². The number of aliphatic hydroxyl groups is 2. The van der Waals surface area contributed by atoms with Crippen LogP contribution in [0.1, 0.15) is 26.2 Å². The maximum absolute atomic E-state index is 11.5. The summed E-state index contributed by atoms with van der Waals surface area (Å²) in [7, 11) is 0. The maximum atomic E-state index is 11.5. The highest BCUT2D eigenvalue weighted by molar-refractivity contribution is 5.79. The SMILES string of the molecule is CC[C@H]1CN2C(=O)CC[C@H]2[C@H](O)[C@H]1O.O. The molecule has 88 valence electrons. The zero-order valence-electron chi connectivity index (χ0n) is 8.89. The fourth-order valence-corrected chi connectivity index (χ4v) is 2.59. The molecule has 4 atom stereocenters. The van der Waals surface area contributed by atoms with Gasteiger partial charge in [-0.25, -0.2) is 0 Å². The normalized spacial score (nSPS) is 39.9. The van der Waals surface area contributed by atoms with Crippen molar-refractivity contribution in [3.63, 3.8) is 0 Å². The van der Waals surface area contributed by atoms with E-state index in [4.69, 9.17) is 0 Å². The van der Waals surface area contributed by atoms with Crippen molar-refractivity contribution in [1.82, 2.24) is 4.90 Å². The summed E-state index contributed by atoms with van der Waals surface area (Å²) in [6.07, 6.45) is 0.597. The van der Waals surface area contributed by atoms with Crippen molar-refractivity contribution in [3.05, 3.63) is 0 Å². The smallest absolute Gasteiger partial charge is 0.222 e. The van der Waals surface area contributed by atoms with E-state index in [9.17, 15) is 15.0 Å². The quantitative estimate of drug-likeness (QED) is 0.585. The van der Waals surface area contributed by atoms with Crippen molar-refractivity contribution in [2.75, 3.05) is 6.54 Å². The predicted molar refractivity (Wildman–Crippen MR) is 54.1 cm³/mol. The molecule has 2 heterocycles. The third kappa shape index (κ3) is 1.87. The van der Waals surface area contributed by atoms with Gasteiger partial charge in [0.1, 0.15) is 6.10 Å². The Morgan fingerprint density at radius 2 is 2.07 bits per heavy atom. The largest absolute Gasteiger partial charge is 0.412 e. The van der Waals surface area contributed by atoms with Gasteiger partial charge in [0.25, 0.3) is 0 Å². The van der Waals surface area contributed by atoms with Gasteiger partial charge in [0.15, 0.2) is 0 Å². The number of nitrogens with zero attached hydrogens (tertiary/aromatic N) is 1. The van der Waals surface area contributed by atoms with E-state index in [1.165, 1.54) is 0 Å². The van der Waals surface area contributed by atoms with Crippen molar-refractivity contribution in [2.45, 2.75) is 44.4 Å². The minimum atomic E-state index is -0.750. The predicted octanol–water partition coefficient (Wildman–Crippen LogP) is -1.09. The molecule has 2 aliphatic heterocycles. The average Bonchev–Trinajstić information content (AvgIpc) is 2.54. The third-order valence-electron chi connectivity index (χ3n) is 3.56. The van der Waals surface area contributed by atoms with Crippen LogP contribution in [0.3, 0.4) is 0 Å². The number of carbonyl (C=O) groups is 1. The molecule has 0 bridgehead atoms. The zero-order valence-corrected chi connectivity index (χ0v) is 8.89. The average molecular weight is 217 g/mol. The molecule has 15 heavy (non-hydrogen) atoms. The lowest BCUT2D eigenvalue weighted by molar-refractivity contribution is -0.142. The number of fused-ring (bicyclic) bond motifs is 1. The Bertz CT molecular complexity index is 246. The Morgan fingerprint density at radius 1 is 1.40 bits per heavy atom. The lowest BCUT2D eigenvalue weighted by Crippen LogP contribution is -2.57. The number of carbonyl (C=O) groups excluding carboxylic acids is 1. The second-order valence-electron chi connectivity index (χ2n) is 4.30. The second-order valence-corrected chi connectivity index (χ2v) is 4.30. The van der Waals surface area contributed by atoms with Gasteiger partial charge in [-0.3, -0.25) is 4.79 Å². The van der Waals surface area contributed by atoms with E-state index in [0.717, 1.165) is 6.42 Å². The van der Waals surface area contributed by atoms with E-state index in [-0.39, 0.29) is 23.3 Å². The van der Waals surface area contributed by atoms with Gasteiger partial charge in [0.2, 0.25) is 5.91 Å². The number of hydrogen-bond acceptors (Lipinski definition) is 3. The number of piperidine rings is 1. The Morgan fingerprint density at radius 3 is 2.67 bits per heavy atom. The molecule has 0 aromatic carbocycles. The van der Waals surface area contributed by atoms with Gasteiger partial charge in [-0.15, -0.1) is 0 Å². The van der Waals surface area contributed by atoms with Gasteiger partial charge in [0.05, 0.1) is 12.1 Å². The van der Waals surface area contributed by atoms with Gasteiger partial charge in [-0.2, -0.15) is 0 Å². The second kappa shape index (κ2) is 4.47. The summed E-state index contributed by atoms with van der Waals surface area (Å²) < 4.78 is 0. The molecule has 0 aliphatic carbocycles. The van der Waals surface area contributed by atoms with Crippen LogP contribution in [0.25, 0.3) is 0 Å². The van der Waals surface area contributed by atoms with Crippen molar-refractivity contribution in [2.24, 2.45) is 5.92 Å². The third-order valence-corrected chi connectivity index (χ3v) is 3.56. The van der Waals surface area contributed by atoms with E-state index < -0.39 is 12.2 Å². The van der Waals surface area contributed by atoms with Crippen LogP contribution in [0.2, 0.25) is 0 Å². The number of aliphatic hydroxyl groups excluding tert-OH is 2. The first kappa shape index (κ1) is 12.4. The van der Waals surface area contributed by atoms with E-state index in [1.807, 2.05) is 6.92 Å². The Kier molecular flexibility index (Phi) is 3.70. The Labute approximate surface area is 89.0 Å². The summed E-state index contributed by atoms with van der Waals surface area (Å²) >= 11 is 0. The van der Waals surface area contributed by atoms with Crippen LogP contribution in [0, 0.1) is 5.92 Å². The number of amides is 1. The number of hydrogen-bond donors (Lipinski definition) is 2. The highest BCUT2D eigenvalue weighted by Gasteiger charge is 2.45. The van der Waals surface area contributed by atoms with Crippen molar-refractivity contribution in [1.29, 1.82) is 0 Å². The van der Waals surface area contributed by atoms with Gasteiger partial charge in [0, 0.05) is 18.9 Å². The fourth-order valence-electron chi connectivity index (χ4n) is 2.59. The first-order valence-electron chi connectivity index (χ1n) is 5.30. The van der Waals surface area contributed by atoms with Gasteiger partial charge >= 0.3 is 0 Å². The summed E-state index contributed by atoms with van der Waals surface area (Å²) in [6, 6.07) is -0.139. The van der Waals surface area contributed by atoms with Crippen LogP contribution in [-0.2, 0) is 4.79 Å². The molecule has 2 aliphatic rings. The Balaban J connectivity index is 0.00000112. The summed E-state index contributed by atoms with van der Waals surface area (Å²) in [5.41, 5.74) is 0. The minimum absolute atomic E-state index is 0. The van der Waals surface area contributed by atoms with Crippen LogP contribution in [0.15, 0.2) is 0 Å². The van der Waals surface area contributed by atoms with Gasteiger partial charge in [-0.1, -0.05) is 6.92 Å². The van der Waals surface area contributed by atoms with Crippen LogP contribution in [-0.4, -0.2) is 51.3 Å². The molecule has 0 saturated carbocycles. The summed E-state index contributed by atoms with van der Waals surface area (Å²) in [5, 5.41) is 19.6. The minimum Gasteiger partial charge on any atom is -0.412 e. The van der Waals surface area contributed by atoms with E-state index >= 15 is 0 Å². The molecule has 5 heteroatoms. The first-order chi connectivity index (χ1) is 6.65. The molecule has 0 spiro atoms. The Hall–Kier alpha value is -0.650. The summed E-state index contributed by atoms with van der Waals surface area (Å²) in [5.74, 6) is 0.155. The van der Waals surface area contributed by atoms with Crippen molar-refractivity contribution < 1.29 is 20.5 Å². The van der Waals surface area contributed by atoms with Crippen LogP contribution >= 0.6 is 0 Å². The van der Waals surface area contributed by atoms with Crippen LogP contribution in [0.4, 0.5) is 0 Å². The number of rotatable bonds is 1. The van der Waals surface area contributed by atoms with Crippen molar-refractivity contribution >= 4 is 5.91 Å². The topological polar surface area (TPSA) is 92.3 Å². The summed E-state index contributed by atoms with van der Waals surface area (Å²) in [4.78, 5) is 13.2. The molecule has 0 aromatic rings. The van der Waals surface area contributed by atoms with E-state index in [0.29, 0.717) is 19.4 Å². The molecular formula is C10H19NO4. The highest BCUT2D eigenvalue weighted by atomic mass is 16.3. The van der Waals surface area contributed by atoms with Gasteiger partial charge < -0.3 is 20.6 Å². The molecule has 2 rings (SSSR count). The summed E-state index contributed by atoms with van der Waals surface area (Å²) in [6.45, 7) is 2.58. The highest BCUT2D eigenvalue weighted by Crippen LogP contribution is 2.32. The van der Waals surface area contributed by atoms with E-state index in [1.54, 1.807) is 4.90 Å². The molecule has 1 amide bonds. The van der Waals surface area contributed by atoms with Crippen molar-refractivity contribution in [3.8, 4) is 0 Å². The lowest BCUT2D eigenvalue weighted by Gasteiger charge is -2.41. The monoisotopic (exact) mass is 217 g/mol. The molecule has 2 fully saturated rings. The molecular weight excluding hydrogens is 198 g/mol. The maximum Gasteiger partial charge on any atom is 0.222 e.